The Labute approximate surface area is 349 Å². The molecule has 1 saturated heterocycles. The number of hydrogen-bond donors (Lipinski definition) is 6. The Kier molecular flexibility index (Phi) is 17.8. The molecule has 4 aromatic rings. The van der Waals surface area contributed by atoms with Gasteiger partial charge in [-0.1, -0.05) is 11.6 Å². The first-order valence-corrected chi connectivity index (χ1v) is 17.9. The van der Waals surface area contributed by atoms with E-state index in [1.165, 1.54) is 0 Å². The maximum Gasteiger partial charge on any atom is 0.490 e. The van der Waals surface area contributed by atoms with Crippen LogP contribution in [0.25, 0.3) is 0 Å². The predicted octanol–water partition coefficient (Wildman–Crippen LogP) is 8.12. The molecule has 1 fully saturated rings. The first kappa shape index (κ1) is 49.7. The number of aryl methyl sites for hydroxylation is 2. The van der Waals surface area contributed by atoms with Crippen molar-refractivity contribution in [3.63, 3.8) is 0 Å². The quantitative estimate of drug-likeness (QED) is 0.104. The van der Waals surface area contributed by atoms with Crippen molar-refractivity contribution < 1.29 is 78.7 Å². The van der Waals surface area contributed by atoms with E-state index >= 15 is 0 Å². The van der Waals surface area contributed by atoms with Gasteiger partial charge in [0, 0.05) is 31.2 Å². The number of aliphatic carboxylic acids is 3. The van der Waals surface area contributed by atoms with Gasteiger partial charge in [0.25, 0.3) is 0 Å². The summed E-state index contributed by atoms with van der Waals surface area (Å²) in [6, 6.07) is 11.7. The monoisotopic (exact) mass is 912 g/mol. The molecule has 3 aromatic heterocycles. The maximum atomic E-state index is 12.6. The third kappa shape index (κ3) is 17.1. The van der Waals surface area contributed by atoms with Crippen molar-refractivity contribution in [2.24, 2.45) is 5.92 Å². The number of carbonyl (C=O) groups excluding carboxylic acids is 1. The Hall–Kier alpha value is -6.66. The van der Waals surface area contributed by atoms with Gasteiger partial charge < -0.3 is 40.9 Å². The minimum atomic E-state index is -5.08. The van der Waals surface area contributed by atoms with Crippen molar-refractivity contribution in [3.05, 3.63) is 83.5 Å². The van der Waals surface area contributed by atoms with Gasteiger partial charge in [-0.3, -0.25) is 9.97 Å². The van der Waals surface area contributed by atoms with Gasteiger partial charge in [0.2, 0.25) is 5.95 Å². The number of carboxylic acid groups (broad SMARTS) is 3. The van der Waals surface area contributed by atoms with E-state index in [2.05, 4.69) is 48.0 Å². The number of nitrogens with one attached hydrogen (secondary N) is 3. The van der Waals surface area contributed by atoms with E-state index in [9.17, 15) is 44.3 Å². The second kappa shape index (κ2) is 22.3. The van der Waals surface area contributed by atoms with Crippen LogP contribution in [0.15, 0.2) is 67.4 Å². The molecule has 0 saturated carbocycles. The van der Waals surface area contributed by atoms with Crippen LogP contribution in [0.1, 0.15) is 30.4 Å². The lowest BCUT2D eigenvalue weighted by Gasteiger charge is -2.32. The average molecular weight is 913 g/mol. The third-order valence-corrected chi connectivity index (χ3v) is 8.40. The molecule has 6 N–H and O–H groups in total. The van der Waals surface area contributed by atoms with Crippen LogP contribution in [-0.4, -0.2) is 102 Å². The molecule has 6 bridgehead atoms. The van der Waals surface area contributed by atoms with Crippen LogP contribution in [-0.2, 0) is 27.2 Å². The molecule has 2 amide bonds. The minimum Gasteiger partial charge on any atom is -0.493 e. The second-order valence-corrected chi connectivity index (χ2v) is 13.1. The van der Waals surface area contributed by atoms with Crippen LogP contribution >= 0.6 is 11.6 Å². The third-order valence-electron chi connectivity index (χ3n) is 8.13. The standard InChI is InChI=1S/C30H31ClN8O2.3C2HF3O2/c31-26-19-34-29-36-25-14-21(16-33-18-25)3-4-22-15-23(35-28(26)38-29)5-6-27(22)41-13-9-20-7-11-39(12-8-20)30(40)37-24-2-1-10-32-17-24;3*3-2(4,5)1(6)7/h1-2,5-6,10,14-20H,3-4,7-9,11-13H2,(H,37,40)(H2,34,35,36,38);3*(H,6,7). The van der Waals surface area contributed by atoms with Gasteiger partial charge in [0.1, 0.15) is 10.8 Å². The average Bonchev–Trinajstić information content (AvgIpc) is 3.19. The maximum absolute atomic E-state index is 12.6. The molecule has 336 valence electrons. The van der Waals surface area contributed by atoms with Crippen LogP contribution in [0.3, 0.4) is 0 Å². The number of aromatic nitrogens is 4. The van der Waals surface area contributed by atoms with Crippen molar-refractivity contribution in [1.82, 2.24) is 24.8 Å². The second-order valence-electron chi connectivity index (χ2n) is 12.7. The molecule has 6 rings (SSSR count). The molecule has 2 aliphatic rings. The zero-order chi connectivity index (χ0) is 46.3. The van der Waals surface area contributed by atoms with Gasteiger partial charge in [-0.25, -0.2) is 24.2 Å². The van der Waals surface area contributed by atoms with E-state index in [1.54, 1.807) is 24.8 Å². The highest BCUT2D eigenvalue weighted by atomic mass is 35.5. The largest absolute Gasteiger partial charge is 0.493 e. The lowest BCUT2D eigenvalue weighted by molar-refractivity contribution is -0.193. The molecule has 0 spiro atoms. The van der Waals surface area contributed by atoms with E-state index in [4.69, 9.17) is 46.0 Å². The molecule has 0 aliphatic carbocycles. The van der Waals surface area contributed by atoms with Gasteiger partial charge in [-0.05, 0) is 85.5 Å². The van der Waals surface area contributed by atoms with Gasteiger partial charge >= 0.3 is 42.5 Å². The Balaban J connectivity index is 0.000000403. The van der Waals surface area contributed by atoms with Crippen molar-refractivity contribution in [2.45, 2.75) is 50.6 Å². The van der Waals surface area contributed by atoms with Crippen LogP contribution in [0.2, 0.25) is 5.02 Å². The molecule has 16 nitrogen and oxygen atoms in total. The number of benzene rings is 1. The Morgan fingerprint density at radius 2 is 1.40 bits per heavy atom. The van der Waals surface area contributed by atoms with Crippen molar-refractivity contribution in [3.8, 4) is 5.75 Å². The molecule has 0 atom stereocenters. The van der Waals surface area contributed by atoms with Crippen molar-refractivity contribution in [1.29, 1.82) is 0 Å². The lowest BCUT2D eigenvalue weighted by Crippen LogP contribution is -2.41. The summed E-state index contributed by atoms with van der Waals surface area (Å²) in [7, 11) is 0. The highest BCUT2D eigenvalue weighted by Crippen LogP contribution is 2.31. The number of halogens is 10. The number of anilines is 5. The SMILES string of the molecule is O=C(Nc1cccnc1)N1CCC(CCOc2ccc3cc2CCc2cncc(c2)Nc2ncc(Cl)c(n2)N3)CC1.O=C(O)C(F)(F)F.O=C(O)C(F)(F)F.O=C(O)C(F)(F)F. The molecule has 0 radical (unpaired) electrons. The number of piperidine rings is 1. The number of rotatable bonds is 5. The molecule has 1 aromatic carbocycles. The number of nitrogens with zero attached hydrogens (tertiary/aromatic N) is 5. The lowest BCUT2D eigenvalue weighted by atomic mass is 9.94. The number of fused-ring (bicyclic) bond motifs is 6. The molecular formula is C36H34ClF9N8O8. The number of ether oxygens (including phenoxy) is 1. The van der Waals surface area contributed by atoms with E-state index in [-0.39, 0.29) is 6.03 Å². The summed E-state index contributed by atoms with van der Waals surface area (Å²) < 4.78 is 102. The van der Waals surface area contributed by atoms with Crippen molar-refractivity contribution >= 4 is 64.4 Å². The first-order valence-electron chi connectivity index (χ1n) is 17.5. The smallest absolute Gasteiger partial charge is 0.490 e. The minimum absolute atomic E-state index is 0.0719. The Bertz CT molecular complexity index is 2090. The van der Waals surface area contributed by atoms with E-state index in [0.717, 1.165) is 73.4 Å². The van der Waals surface area contributed by atoms with Gasteiger partial charge in [-0.15, -0.1) is 0 Å². The van der Waals surface area contributed by atoms with E-state index < -0.39 is 36.4 Å². The van der Waals surface area contributed by atoms with Crippen LogP contribution in [0.4, 0.5) is 73.1 Å². The normalized spacial score (nSPS) is 13.7. The van der Waals surface area contributed by atoms with Gasteiger partial charge in [-0.2, -0.15) is 44.5 Å². The number of pyridine rings is 2. The fourth-order valence-electron chi connectivity index (χ4n) is 5.15. The molecule has 5 heterocycles. The topological polar surface area (TPSA) is 229 Å². The fraction of sp³-hybridized carbons (Fsp3) is 0.333. The number of carbonyl (C=O) groups is 4. The van der Waals surface area contributed by atoms with Crippen LogP contribution < -0.4 is 20.7 Å². The van der Waals surface area contributed by atoms with Crippen molar-refractivity contribution in [2.75, 3.05) is 35.6 Å². The predicted molar refractivity (Wildman–Crippen MR) is 200 cm³/mol. The first-order chi connectivity index (χ1) is 28.9. The van der Waals surface area contributed by atoms with E-state index in [1.807, 2.05) is 35.4 Å². The zero-order valence-corrected chi connectivity index (χ0v) is 32.2. The number of amides is 2. The zero-order valence-electron chi connectivity index (χ0n) is 31.5. The summed E-state index contributed by atoms with van der Waals surface area (Å²) >= 11 is 6.39. The summed E-state index contributed by atoms with van der Waals surface area (Å²) in [5, 5.41) is 31.3. The molecule has 0 unspecified atom stereocenters. The van der Waals surface area contributed by atoms with Gasteiger partial charge in [0.15, 0.2) is 5.82 Å². The number of alkyl halides is 9. The highest BCUT2D eigenvalue weighted by molar-refractivity contribution is 6.32. The number of carboxylic acids is 3. The summed E-state index contributed by atoms with van der Waals surface area (Å²) in [6.45, 7) is 2.09. The summed E-state index contributed by atoms with van der Waals surface area (Å²) in [6.07, 6.45) is -2.25. The molecular weight excluding hydrogens is 879 g/mol. The van der Waals surface area contributed by atoms with Crippen LogP contribution in [0, 0.1) is 5.92 Å². The Morgan fingerprint density at radius 3 is 1.97 bits per heavy atom. The van der Waals surface area contributed by atoms with E-state index in [0.29, 0.717) is 35.0 Å². The molecule has 62 heavy (non-hydrogen) atoms. The summed E-state index contributed by atoms with van der Waals surface area (Å²) in [5.74, 6) is -5.93. The van der Waals surface area contributed by atoms with Gasteiger partial charge in [0.05, 0.1) is 36.6 Å². The number of likely N-dealkylation sites (tertiary alicyclic amines) is 1. The fourth-order valence-corrected chi connectivity index (χ4v) is 5.28. The highest BCUT2D eigenvalue weighted by Gasteiger charge is 2.39. The summed E-state index contributed by atoms with van der Waals surface area (Å²) in [5.41, 5.74) is 4.61. The number of urea groups is 1. The molecule has 2 aliphatic heterocycles. The summed E-state index contributed by atoms with van der Waals surface area (Å²) in [4.78, 5) is 58.4. The molecule has 26 heteroatoms. The number of hydrogen-bond acceptors (Lipinski definition) is 11. The van der Waals surface area contributed by atoms with Crippen LogP contribution in [0.5, 0.6) is 5.75 Å². The Morgan fingerprint density at radius 1 is 0.790 bits per heavy atom.